The Labute approximate surface area is 148 Å². The van der Waals surface area contributed by atoms with E-state index in [2.05, 4.69) is 20.4 Å². The number of aryl methyl sites for hydroxylation is 2. The Hall–Kier alpha value is -2.55. The first-order valence-electron chi connectivity index (χ1n) is 7.83. The minimum atomic E-state index is -0.242. The van der Waals surface area contributed by atoms with Gasteiger partial charge in [0.05, 0.1) is 11.3 Å². The highest BCUT2D eigenvalue weighted by molar-refractivity contribution is 7.99. The van der Waals surface area contributed by atoms with Gasteiger partial charge in [-0.3, -0.25) is 14.2 Å². The van der Waals surface area contributed by atoms with Gasteiger partial charge in [-0.15, -0.1) is 0 Å². The summed E-state index contributed by atoms with van der Waals surface area (Å²) < 4.78 is 6.51. The van der Waals surface area contributed by atoms with Crippen LogP contribution in [0.3, 0.4) is 0 Å². The average molecular weight is 361 g/mol. The van der Waals surface area contributed by atoms with Gasteiger partial charge in [0.25, 0.3) is 5.56 Å². The topological polar surface area (TPSA) is 106 Å². The number of amides is 1. The van der Waals surface area contributed by atoms with E-state index >= 15 is 0 Å². The monoisotopic (exact) mass is 361 g/mol. The third-order valence-electron chi connectivity index (χ3n) is 3.53. The molecule has 0 bridgehead atoms. The molecule has 0 aromatic carbocycles. The van der Waals surface area contributed by atoms with Crippen molar-refractivity contribution >= 4 is 34.5 Å². The summed E-state index contributed by atoms with van der Waals surface area (Å²) in [7, 11) is 0. The van der Waals surface area contributed by atoms with Crippen molar-refractivity contribution in [2.24, 2.45) is 0 Å². The van der Waals surface area contributed by atoms with E-state index in [1.165, 1.54) is 11.8 Å². The van der Waals surface area contributed by atoms with Crippen molar-refractivity contribution < 1.29 is 9.32 Å². The first-order valence-corrected chi connectivity index (χ1v) is 8.81. The van der Waals surface area contributed by atoms with Gasteiger partial charge in [0, 0.05) is 17.8 Å². The lowest BCUT2D eigenvalue weighted by molar-refractivity contribution is -0.113. The van der Waals surface area contributed by atoms with Gasteiger partial charge in [-0.1, -0.05) is 16.9 Å². The molecule has 1 amide bonds. The number of aromatic amines is 1. The molecule has 0 spiro atoms. The Balaban J connectivity index is 1.83. The summed E-state index contributed by atoms with van der Waals surface area (Å²) in [6.45, 7) is 7.44. The van der Waals surface area contributed by atoms with Gasteiger partial charge in [-0.2, -0.15) is 0 Å². The number of H-pyrrole nitrogens is 1. The lowest BCUT2D eigenvalue weighted by atomic mass is 10.3. The molecule has 3 rings (SSSR count). The fourth-order valence-corrected chi connectivity index (χ4v) is 3.41. The Bertz CT molecular complexity index is 985. The van der Waals surface area contributed by atoms with Crippen LogP contribution in [0.2, 0.25) is 0 Å². The van der Waals surface area contributed by atoms with Crippen LogP contribution >= 0.6 is 11.8 Å². The predicted octanol–water partition coefficient (Wildman–Crippen LogP) is 2.64. The minimum Gasteiger partial charge on any atom is -0.360 e. The van der Waals surface area contributed by atoms with Crippen LogP contribution in [0, 0.1) is 13.8 Å². The number of hydrogen-bond acceptors (Lipinski definition) is 6. The number of carbonyl (C=O) groups excluding carboxylic acids is 1. The van der Waals surface area contributed by atoms with Crippen LogP contribution in [0.4, 0.5) is 5.82 Å². The molecule has 0 aliphatic heterocycles. The van der Waals surface area contributed by atoms with Gasteiger partial charge in [0.15, 0.2) is 11.0 Å². The number of rotatable bonds is 5. The van der Waals surface area contributed by atoms with Crippen molar-refractivity contribution in [3.05, 3.63) is 33.9 Å². The summed E-state index contributed by atoms with van der Waals surface area (Å²) in [5, 5.41) is 6.89. The number of thioether (sulfide) groups is 1. The molecule has 0 aliphatic carbocycles. The van der Waals surface area contributed by atoms with E-state index in [-0.39, 0.29) is 23.3 Å². The molecule has 3 aromatic rings. The van der Waals surface area contributed by atoms with Crippen molar-refractivity contribution in [2.75, 3.05) is 11.1 Å². The van der Waals surface area contributed by atoms with Crippen molar-refractivity contribution in [3.63, 3.8) is 0 Å². The number of carbonyl (C=O) groups is 1. The van der Waals surface area contributed by atoms with Gasteiger partial charge < -0.3 is 14.8 Å². The maximum absolute atomic E-state index is 12.7. The highest BCUT2D eigenvalue weighted by atomic mass is 32.2. The number of anilines is 1. The molecule has 132 valence electrons. The summed E-state index contributed by atoms with van der Waals surface area (Å²) >= 11 is 1.22. The molecule has 0 saturated heterocycles. The van der Waals surface area contributed by atoms with Crippen LogP contribution in [0.25, 0.3) is 11.0 Å². The molecule has 3 heterocycles. The van der Waals surface area contributed by atoms with E-state index < -0.39 is 0 Å². The molecule has 0 unspecified atom stereocenters. The number of aromatic nitrogens is 4. The normalized spacial score (nSPS) is 11.4. The van der Waals surface area contributed by atoms with Gasteiger partial charge >= 0.3 is 0 Å². The van der Waals surface area contributed by atoms with E-state index in [4.69, 9.17) is 4.52 Å². The van der Waals surface area contributed by atoms with Crippen LogP contribution in [-0.2, 0) is 4.79 Å². The highest BCUT2D eigenvalue weighted by Crippen LogP contribution is 2.21. The van der Waals surface area contributed by atoms with Crippen LogP contribution < -0.4 is 10.9 Å². The summed E-state index contributed by atoms with van der Waals surface area (Å²) in [4.78, 5) is 32.4. The Morgan fingerprint density at radius 1 is 1.40 bits per heavy atom. The lowest BCUT2D eigenvalue weighted by Gasteiger charge is -2.14. The zero-order valence-corrected chi connectivity index (χ0v) is 15.2. The zero-order valence-electron chi connectivity index (χ0n) is 14.4. The fourth-order valence-electron chi connectivity index (χ4n) is 2.48. The second kappa shape index (κ2) is 6.75. The third kappa shape index (κ3) is 3.60. The molecule has 25 heavy (non-hydrogen) atoms. The molecule has 2 N–H and O–H groups in total. The quantitative estimate of drug-likeness (QED) is 0.534. The van der Waals surface area contributed by atoms with Crippen LogP contribution in [0.15, 0.2) is 26.6 Å². The van der Waals surface area contributed by atoms with Gasteiger partial charge in [0.2, 0.25) is 5.91 Å². The summed E-state index contributed by atoms with van der Waals surface area (Å²) in [5.74, 6) is 0.855. The molecular weight excluding hydrogens is 342 g/mol. The number of nitrogens with zero attached hydrogens (tertiary/aromatic N) is 3. The van der Waals surface area contributed by atoms with Crippen LogP contribution in [0.1, 0.15) is 31.3 Å². The predicted molar refractivity (Wildman–Crippen MR) is 96.1 cm³/mol. The van der Waals surface area contributed by atoms with Crippen LogP contribution in [-0.4, -0.2) is 31.4 Å². The maximum Gasteiger partial charge on any atom is 0.278 e. The molecule has 0 fully saturated rings. The van der Waals surface area contributed by atoms with Crippen molar-refractivity contribution in [3.8, 4) is 0 Å². The van der Waals surface area contributed by atoms with Crippen LogP contribution in [0.5, 0.6) is 0 Å². The first-order chi connectivity index (χ1) is 11.8. The molecule has 0 atom stereocenters. The summed E-state index contributed by atoms with van der Waals surface area (Å²) in [5.41, 5.74) is 1.83. The van der Waals surface area contributed by atoms with Crippen molar-refractivity contribution in [1.82, 2.24) is 19.7 Å². The Morgan fingerprint density at radius 2 is 2.16 bits per heavy atom. The number of fused-ring (bicyclic) bond motifs is 1. The van der Waals surface area contributed by atoms with E-state index in [1.54, 1.807) is 17.6 Å². The van der Waals surface area contributed by atoms with Crippen molar-refractivity contribution in [1.29, 1.82) is 0 Å². The average Bonchev–Trinajstić information content (AvgIpc) is 3.10. The lowest BCUT2D eigenvalue weighted by Crippen LogP contribution is -2.25. The van der Waals surface area contributed by atoms with Crippen molar-refractivity contribution in [2.45, 2.75) is 38.9 Å². The summed E-state index contributed by atoms with van der Waals surface area (Å²) in [6.07, 6.45) is 0. The second-order valence-corrected chi connectivity index (χ2v) is 6.98. The van der Waals surface area contributed by atoms with Gasteiger partial charge in [-0.25, -0.2) is 4.98 Å². The smallest absolute Gasteiger partial charge is 0.278 e. The Kier molecular flexibility index (Phi) is 4.67. The molecule has 8 nitrogen and oxygen atoms in total. The Morgan fingerprint density at radius 3 is 2.80 bits per heavy atom. The molecule has 0 aliphatic rings. The molecule has 0 radical (unpaired) electrons. The van der Waals surface area contributed by atoms with E-state index in [0.717, 1.165) is 5.69 Å². The maximum atomic E-state index is 12.7. The fraction of sp³-hybridized carbons (Fsp3) is 0.375. The molecule has 3 aromatic heterocycles. The third-order valence-corrected chi connectivity index (χ3v) is 4.48. The van der Waals surface area contributed by atoms with Gasteiger partial charge in [-0.05, 0) is 33.8 Å². The number of hydrogen-bond donors (Lipinski definition) is 2. The minimum absolute atomic E-state index is 0.0724. The number of nitrogens with one attached hydrogen (secondary N) is 2. The summed E-state index contributed by atoms with van der Waals surface area (Å²) in [6, 6.07) is 3.39. The standard InChI is InChI=1S/C16H19N5O3S/c1-8(2)21-15(23)14-11(5-9(3)17-14)18-16(21)25-7-13(22)19-12-6-10(4)24-20-12/h5-6,8,17H,7H2,1-4H3,(H,19,20,22). The van der Waals surface area contributed by atoms with E-state index in [1.807, 2.05) is 26.8 Å². The largest absolute Gasteiger partial charge is 0.360 e. The van der Waals surface area contributed by atoms with Gasteiger partial charge in [0.1, 0.15) is 11.3 Å². The second-order valence-electron chi connectivity index (χ2n) is 6.04. The molecule has 0 saturated carbocycles. The molecular formula is C16H19N5O3S. The van der Waals surface area contributed by atoms with E-state index in [0.29, 0.717) is 27.8 Å². The zero-order chi connectivity index (χ0) is 18.1. The van der Waals surface area contributed by atoms with E-state index in [9.17, 15) is 9.59 Å². The SMILES string of the molecule is Cc1cc2nc(SCC(=O)Nc3cc(C)on3)n(C(C)C)c(=O)c2[nH]1. The first kappa shape index (κ1) is 17.3. The highest BCUT2D eigenvalue weighted by Gasteiger charge is 2.17. The molecule has 9 heteroatoms.